The van der Waals surface area contributed by atoms with Crippen LogP contribution < -0.4 is 10.6 Å². The Morgan fingerprint density at radius 2 is 1.93 bits per heavy atom. The molecule has 1 unspecified atom stereocenters. The minimum absolute atomic E-state index is 0.0738. The molecular formula is C11H25N3O. The molecule has 90 valence electrons. The van der Waals surface area contributed by atoms with E-state index in [0.29, 0.717) is 6.04 Å². The van der Waals surface area contributed by atoms with E-state index in [2.05, 4.69) is 36.4 Å². The van der Waals surface area contributed by atoms with Crippen LogP contribution in [0.1, 0.15) is 27.2 Å². The highest BCUT2D eigenvalue weighted by Gasteiger charge is 2.08. The molecule has 1 amide bonds. The molecule has 0 aromatic rings. The fraction of sp³-hybridized carbons (Fsp3) is 0.909. The summed E-state index contributed by atoms with van der Waals surface area (Å²) in [6.07, 6.45) is 0.997. The van der Waals surface area contributed by atoms with Crippen LogP contribution in [0.15, 0.2) is 0 Å². The van der Waals surface area contributed by atoms with Crippen LogP contribution in [-0.4, -0.2) is 50.1 Å². The Labute approximate surface area is 93.4 Å². The summed E-state index contributed by atoms with van der Waals surface area (Å²) in [5.41, 5.74) is 0. The monoisotopic (exact) mass is 215 g/mol. The number of amides is 1. The summed E-state index contributed by atoms with van der Waals surface area (Å²) in [7, 11) is 3.89. The number of hydrogen-bond donors (Lipinski definition) is 2. The molecular weight excluding hydrogens is 190 g/mol. The van der Waals surface area contributed by atoms with Gasteiger partial charge in [-0.15, -0.1) is 0 Å². The lowest BCUT2D eigenvalue weighted by Crippen LogP contribution is -2.41. The average molecular weight is 215 g/mol. The number of nitrogens with zero attached hydrogens (tertiary/aromatic N) is 1. The van der Waals surface area contributed by atoms with Crippen LogP contribution in [0.3, 0.4) is 0 Å². The molecule has 0 bridgehead atoms. The molecule has 0 heterocycles. The van der Waals surface area contributed by atoms with E-state index in [9.17, 15) is 4.79 Å². The van der Waals surface area contributed by atoms with Crippen molar-refractivity contribution in [1.29, 1.82) is 0 Å². The van der Waals surface area contributed by atoms with Crippen LogP contribution in [0.25, 0.3) is 0 Å². The molecule has 0 aromatic carbocycles. The summed E-state index contributed by atoms with van der Waals surface area (Å²) >= 11 is 0. The summed E-state index contributed by atoms with van der Waals surface area (Å²) in [5.74, 6) is 0.0738. The largest absolute Gasteiger partial charge is 0.355 e. The first-order valence-electron chi connectivity index (χ1n) is 5.64. The van der Waals surface area contributed by atoms with Gasteiger partial charge in [-0.25, -0.2) is 0 Å². The molecule has 2 N–H and O–H groups in total. The first-order valence-corrected chi connectivity index (χ1v) is 5.64. The van der Waals surface area contributed by atoms with Crippen molar-refractivity contribution in [2.75, 3.05) is 27.2 Å². The number of nitrogens with one attached hydrogen (secondary N) is 2. The number of likely N-dealkylation sites (N-methyl/N-ethyl adjacent to an activating group) is 1. The van der Waals surface area contributed by atoms with Gasteiger partial charge in [0.15, 0.2) is 0 Å². The van der Waals surface area contributed by atoms with Gasteiger partial charge in [0, 0.05) is 12.6 Å². The smallest absolute Gasteiger partial charge is 0.236 e. The van der Waals surface area contributed by atoms with Crippen LogP contribution in [0.4, 0.5) is 0 Å². The molecule has 15 heavy (non-hydrogen) atoms. The topological polar surface area (TPSA) is 44.4 Å². The number of carbonyl (C=O) groups excluding carboxylic acids is 1. The van der Waals surface area contributed by atoms with Crippen molar-refractivity contribution in [3.63, 3.8) is 0 Å². The summed E-state index contributed by atoms with van der Waals surface area (Å²) in [4.78, 5) is 13.6. The average Bonchev–Trinajstić information content (AvgIpc) is 2.22. The van der Waals surface area contributed by atoms with Crippen LogP contribution >= 0.6 is 0 Å². The standard InChI is InChI=1S/C11H25N3O/c1-9(2)14(5)8-6-7-13-11(15)10(3)12-4/h9-10,12H,6-8H2,1-5H3,(H,13,15). The third-order valence-electron chi connectivity index (χ3n) is 2.69. The zero-order valence-electron chi connectivity index (χ0n) is 10.6. The highest BCUT2D eigenvalue weighted by molar-refractivity contribution is 5.81. The molecule has 0 radical (unpaired) electrons. The van der Waals surface area contributed by atoms with Gasteiger partial charge in [0.25, 0.3) is 0 Å². The number of carbonyl (C=O) groups is 1. The van der Waals surface area contributed by atoms with E-state index in [1.165, 1.54) is 0 Å². The van der Waals surface area contributed by atoms with Gasteiger partial charge in [0.2, 0.25) is 5.91 Å². The molecule has 0 rings (SSSR count). The van der Waals surface area contributed by atoms with Gasteiger partial charge in [-0.3, -0.25) is 4.79 Å². The summed E-state index contributed by atoms with van der Waals surface area (Å²) in [6, 6.07) is 0.463. The van der Waals surface area contributed by atoms with Crippen LogP contribution in [-0.2, 0) is 4.79 Å². The van der Waals surface area contributed by atoms with Crippen molar-refractivity contribution in [3.05, 3.63) is 0 Å². The van der Waals surface area contributed by atoms with Crippen molar-refractivity contribution >= 4 is 5.91 Å². The van der Waals surface area contributed by atoms with E-state index in [4.69, 9.17) is 0 Å². The molecule has 4 nitrogen and oxygen atoms in total. The Morgan fingerprint density at radius 1 is 1.33 bits per heavy atom. The Balaban J connectivity index is 3.50. The molecule has 0 aliphatic heterocycles. The molecule has 0 fully saturated rings. The Hall–Kier alpha value is -0.610. The first-order chi connectivity index (χ1) is 6.99. The molecule has 4 heteroatoms. The molecule has 0 aliphatic rings. The second-order valence-electron chi connectivity index (χ2n) is 4.23. The van der Waals surface area contributed by atoms with Crippen molar-refractivity contribution in [2.45, 2.75) is 39.3 Å². The van der Waals surface area contributed by atoms with Gasteiger partial charge in [0.05, 0.1) is 6.04 Å². The van der Waals surface area contributed by atoms with Crippen molar-refractivity contribution in [1.82, 2.24) is 15.5 Å². The Kier molecular flexibility index (Phi) is 7.34. The lowest BCUT2D eigenvalue weighted by atomic mass is 10.3. The fourth-order valence-corrected chi connectivity index (χ4v) is 1.08. The van der Waals surface area contributed by atoms with Gasteiger partial charge in [-0.05, 0) is 47.8 Å². The van der Waals surface area contributed by atoms with Crippen LogP contribution in [0.5, 0.6) is 0 Å². The number of rotatable bonds is 7. The molecule has 0 saturated carbocycles. The highest BCUT2D eigenvalue weighted by atomic mass is 16.2. The zero-order chi connectivity index (χ0) is 11.8. The Bertz CT molecular complexity index is 183. The highest BCUT2D eigenvalue weighted by Crippen LogP contribution is 1.94. The van der Waals surface area contributed by atoms with Crippen molar-refractivity contribution in [2.24, 2.45) is 0 Å². The summed E-state index contributed by atoms with van der Waals surface area (Å²) in [6.45, 7) is 7.96. The molecule has 0 aromatic heterocycles. The van der Waals surface area contributed by atoms with Gasteiger partial charge < -0.3 is 15.5 Å². The van der Waals surface area contributed by atoms with Gasteiger partial charge in [-0.2, -0.15) is 0 Å². The SMILES string of the molecule is CNC(C)C(=O)NCCCN(C)C(C)C. The third kappa shape index (κ3) is 6.47. The molecule has 0 spiro atoms. The molecule has 0 aliphatic carbocycles. The van der Waals surface area contributed by atoms with Crippen molar-refractivity contribution < 1.29 is 4.79 Å². The predicted molar refractivity (Wildman–Crippen MR) is 63.9 cm³/mol. The van der Waals surface area contributed by atoms with Crippen LogP contribution in [0, 0.1) is 0 Å². The van der Waals surface area contributed by atoms with E-state index in [1.54, 1.807) is 7.05 Å². The van der Waals surface area contributed by atoms with Gasteiger partial charge in [0.1, 0.15) is 0 Å². The van der Waals surface area contributed by atoms with E-state index in [0.717, 1.165) is 19.5 Å². The maximum atomic E-state index is 11.4. The third-order valence-corrected chi connectivity index (χ3v) is 2.69. The van der Waals surface area contributed by atoms with E-state index in [1.807, 2.05) is 6.92 Å². The minimum atomic E-state index is -0.104. The lowest BCUT2D eigenvalue weighted by molar-refractivity contribution is -0.122. The lowest BCUT2D eigenvalue weighted by Gasteiger charge is -2.21. The van der Waals surface area contributed by atoms with Gasteiger partial charge in [-0.1, -0.05) is 0 Å². The number of hydrogen-bond acceptors (Lipinski definition) is 3. The van der Waals surface area contributed by atoms with E-state index in [-0.39, 0.29) is 11.9 Å². The first kappa shape index (κ1) is 14.4. The maximum Gasteiger partial charge on any atom is 0.236 e. The molecule has 1 atom stereocenters. The zero-order valence-corrected chi connectivity index (χ0v) is 10.6. The second-order valence-corrected chi connectivity index (χ2v) is 4.23. The van der Waals surface area contributed by atoms with Gasteiger partial charge >= 0.3 is 0 Å². The summed E-state index contributed by atoms with van der Waals surface area (Å²) < 4.78 is 0. The summed E-state index contributed by atoms with van der Waals surface area (Å²) in [5, 5.41) is 5.81. The fourth-order valence-electron chi connectivity index (χ4n) is 1.08. The van der Waals surface area contributed by atoms with Crippen molar-refractivity contribution in [3.8, 4) is 0 Å². The predicted octanol–water partition coefficient (Wildman–Crippen LogP) is 0.441. The Morgan fingerprint density at radius 3 is 2.40 bits per heavy atom. The minimum Gasteiger partial charge on any atom is -0.355 e. The molecule has 0 saturated heterocycles. The maximum absolute atomic E-state index is 11.4. The normalized spacial score (nSPS) is 13.3. The quantitative estimate of drug-likeness (QED) is 0.606. The van der Waals surface area contributed by atoms with E-state index < -0.39 is 0 Å². The van der Waals surface area contributed by atoms with E-state index >= 15 is 0 Å². The van der Waals surface area contributed by atoms with Crippen LogP contribution in [0.2, 0.25) is 0 Å². The second kappa shape index (κ2) is 7.65.